The molecule has 1 aliphatic rings. The molecule has 9 heteroatoms. The van der Waals surface area contributed by atoms with Crippen LogP contribution in [0.2, 0.25) is 0 Å². The maximum absolute atomic E-state index is 13.2. The van der Waals surface area contributed by atoms with Gasteiger partial charge in [-0.2, -0.15) is 0 Å². The summed E-state index contributed by atoms with van der Waals surface area (Å²) in [5, 5.41) is 4.47. The molecule has 0 radical (unpaired) electrons. The molecule has 7 nitrogen and oxygen atoms in total. The summed E-state index contributed by atoms with van der Waals surface area (Å²) in [6.07, 6.45) is 5.31. The van der Waals surface area contributed by atoms with E-state index in [0.717, 1.165) is 34.7 Å². The fraction of sp³-hybridized carbons (Fsp3) is 0.429. The maximum atomic E-state index is 13.2. The molecule has 1 aromatic carbocycles. The Bertz CT molecular complexity index is 1150. The zero-order valence-corrected chi connectivity index (χ0v) is 18.2. The Balaban J connectivity index is 1.58. The first kappa shape index (κ1) is 20.9. The van der Waals surface area contributed by atoms with Crippen LogP contribution in [-0.4, -0.2) is 33.2 Å². The lowest BCUT2D eigenvalue weighted by molar-refractivity contribution is -0.122. The van der Waals surface area contributed by atoms with Crippen molar-refractivity contribution in [3.05, 3.63) is 34.6 Å². The third-order valence-electron chi connectivity index (χ3n) is 5.30. The van der Waals surface area contributed by atoms with Crippen LogP contribution in [-0.2, 0) is 16.1 Å². The molecule has 4 rings (SSSR count). The number of aromatic nitrogens is 2. The highest BCUT2D eigenvalue weighted by Gasteiger charge is 2.19. The van der Waals surface area contributed by atoms with Gasteiger partial charge in [0.2, 0.25) is 11.8 Å². The van der Waals surface area contributed by atoms with Gasteiger partial charge >= 0.3 is 0 Å². The number of benzene rings is 1. The van der Waals surface area contributed by atoms with Gasteiger partial charge in [-0.3, -0.25) is 19.0 Å². The van der Waals surface area contributed by atoms with Crippen molar-refractivity contribution in [2.45, 2.75) is 56.3 Å². The summed E-state index contributed by atoms with van der Waals surface area (Å²) in [5.74, 6) is -0.397. The van der Waals surface area contributed by atoms with Crippen LogP contribution < -0.4 is 16.6 Å². The molecule has 30 heavy (non-hydrogen) atoms. The number of fused-ring (bicyclic) bond motifs is 3. The van der Waals surface area contributed by atoms with Crippen molar-refractivity contribution >= 4 is 55.2 Å². The number of nitrogens with two attached hydrogens (primary N) is 1. The summed E-state index contributed by atoms with van der Waals surface area (Å²) < 4.78 is 3.17. The number of thiophene rings is 1. The summed E-state index contributed by atoms with van der Waals surface area (Å²) >= 11 is 2.58. The highest BCUT2D eigenvalue weighted by Crippen LogP contribution is 2.31. The second-order valence-corrected chi connectivity index (χ2v) is 9.53. The third kappa shape index (κ3) is 4.52. The molecule has 158 valence electrons. The van der Waals surface area contributed by atoms with Crippen LogP contribution in [0.15, 0.2) is 34.2 Å². The van der Waals surface area contributed by atoms with E-state index in [2.05, 4.69) is 5.32 Å². The summed E-state index contributed by atoms with van der Waals surface area (Å²) in [6.45, 7) is 0.370. The van der Waals surface area contributed by atoms with Crippen molar-refractivity contribution in [3.63, 3.8) is 0 Å². The fourth-order valence-corrected chi connectivity index (χ4v) is 5.71. The molecular formula is C21H24N4O3S2. The first-order valence-electron chi connectivity index (χ1n) is 10.2. The van der Waals surface area contributed by atoms with E-state index in [1.54, 1.807) is 4.57 Å². The van der Waals surface area contributed by atoms with Gasteiger partial charge in [0.1, 0.15) is 4.70 Å². The molecule has 0 aliphatic heterocycles. The van der Waals surface area contributed by atoms with Gasteiger partial charge in [-0.1, -0.05) is 42.8 Å². The normalized spacial score (nSPS) is 14.5. The van der Waals surface area contributed by atoms with Crippen LogP contribution in [0, 0.1) is 0 Å². The van der Waals surface area contributed by atoms with Gasteiger partial charge < -0.3 is 11.1 Å². The predicted molar refractivity (Wildman–Crippen MR) is 121 cm³/mol. The van der Waals surface area contributed by atoms with E-state index in [0.29, 0.717) is 40.8 Å². The molecule has 3 N–H and O–H groups in total. The average molecular weight is 445 g/mol. The molecule has 1 saturated carbocycles. The first-order chi connectivity index (χ1) is 14.5. The minimum absolute atomic E-state index is 0.0252. The molecule has 1 aliphatic carbocycles. The van der Waals surface area contributed by atoms with Crippen LogP contribution in [0.3, 0.4) is 0 Å². The Kier molecular flexibility index (Phi) is 6.38. The largest absolute Gasteiger partial charge is 0.369 e. The van der Waals surface area contributed by atoms with E-state index in [4.69, 9.17) is 10.7 Å². The molecule has 2 amide bonds. The number of amides is 2. The molecular weight excluding hydrogens is 420 g/mol. The van der Waals surface area contributed by atoms with Crippen LogP contribution in [0.4, 0.5) is 0 Å². The lowest BCUT2D eigenvalue weighted by Crippen LogP contribution is -2.32. The number of thioether (sulfide) groups is 1. The van der Waals surface area contributed by atoms with Gasteiger partial charge in [0.25, 0.3) is 5.56 Å². The zero-order chi connectivity index (χ0) is 21.1. The van der Waals surface area contributed by atoms with Gasteiger partial charge in [0, 0.05) is 29.1 Å². The van der Waals surface area contributed by atoms with E-state index in [1.165, 1.54) is 24.2 Å². The van der Waals surface area contributed by atoms with E-state index < -0.39 is 5.91 Å². The Hall–Kier alpha value is -2.39. The summed E-state index contributed by atoms with van der Waals surface area (Å²) in [6, 6.07) is 8.05. The van der Waals surface area contributed by atoms with Gasteiger partial charge in [-0.05, 0) is 25.3 Å². The number of nitrogens with one attached hydrogen (secondary N) is 1. The topological polar surface area (TPSA) is 107 Å². The number of nitrogens with zero attached hydrogens (tertiary/aromatic N) is 2. The third-order valence-corrected chi connectivity index (χ3v) is 7.44. The standard InChI is InChI=1S/C21H24N4O3S2/c22-16(26)12-29-21-24-18-14-8-3-4-9-15(14)30-19(18)20(28)25(21)11-5-10-17(27)23-13-6-1-2-7-13/h3-4,8-9,13H,1-2,5-7,10-12H2,(H2,22,26)(H,23,27). The van der Waals surface area contributed by atoms with Crippen molar-refractivity contribution in [1.82, 2.24) is 14.9 Å². The first-order valence-corrected chi connectivity index (χ1v) is 12.0. The second-order valence-electron chi connectivity index (χ2n) is 7.53. The predicted octanol–water partition coefficient (Wildman–Crippen LogP) is 3.03. The quantitative estimate of drug-likeness (QED) is 0.410. The lowest BCUT2D eigenvalue weighted by atomic mass is 10.2. The van der Waals surface area contributed by atoms with Crippen molar-refractivity contribution in [2.24, 2.45) is 5.73 Å². The Morgan fingerprint density at radius 1 is 1.27 bits per heavy atom. The molecule has 0 bridgehead atoms. The number of carbonyl (C=O) groups excluding carboxylic acids is 2. The fourth-order valence-electron chi connectivity index (χ4n) is 3.86. The molecule has 1 fully saturated rings. The van der Waals surface area contributed by atoms with Crippen LogP contribution in [0.25, 0.3) is 20.3 Å². The van der Waals surface area contributed by atoms with E-state index >= 15 is 0 Å². The molecule has 0 spiro atoms. The second kappa shape index (κ2) is 9.18. The highest BCUT2D eigenvalue weighted by atomic mass is 32.2. The van der Waals surface area contributed by atoms with Gasteiger partial charge in [-0.15, -0.1) is 11.3 Å². The Morgan fingerprint density at radius 3 is 2.80 bits per heavy atom. The molecule has 0 unspecified atom stereocenters. The number of hydrogen-bond donors (Lipinski definition) is 2. The SMILES string of the molecule is NC(=O)CSc1nc2c(sc3ccccc32)c(=O)n1CCCC(=O)NC1CCCC1. The molecule has 2 aromatic heterocycles. The molecule has 0 saturated heterocycles. The average Bonchev–Trinajstić information content (AvgIpc) is 3.36. The van der Waals surface area contributed by atoms with Crippen LogP contribution in [0.5, 0.6) is 0 Å². The Morgan fingerprint density at radius 2 is 2.03 bits per heavy atom. The number of hydrogen-bond acceptors (Lipinski definition) is 6. The van der Waals surface area contributed by atoms with Crippen molar-refractivity contribution < 1.29 is 9.59 Å². The molecule has 2 heterocycles. The van der Waals surface area contributed by atoms with E-state index in [1.807, 2.05) is 24.3 Å². The zero-order valence-electron chi connectivity index (χ0n) is 16.6. The number of rotatable bonds is 8. The minimum Gasteiger partial charge on any atom is -0.369 e. The Labute approximate surface area is 182 Å². The number of carbonyl (C=O) groups is 2. The minimum atomic E-state index is -0.466. The lowest BCUT2D eigenvalue weighted by Gasteiger charge is -2.13. The van der Waals surface area contributed by atoms with Gasteiger partial charge in [0.05, 0.1) is 11.3 Å². The van der Waals surface area contributed by atoms with Gasteiger partial charge in [-0.25, -0.2) is 4.98 Å². The number of primary amides is 1. The van der Waals surface area contributed by atoms with Crippen molar-refractivity contribution in [3.8, 4) is 0 Å². The van der Waals surface area contributed by atoms with E-state index in [-0.39, 0.29) is 17.2 Å². The monoisotopic (exact) mass is 444 g/mol. The van der Waals surface area contributed by atoms with Crippen LogP contribution >= 0.6 is 23.1 Å². The van der Waals surface area contributed by atoms with E-state index in [9.17, 15) is 14.4 Å². The van der Waals surface area contributed by atoms with Gasteiger partial charge in [0.15, 0.2) is 5.16 Å². The summed E-state index contributed by atoms with van der Waals surface area (Å²) in [4.78, 5) is 41.5. The molecule has 3 aromatic rings. The maximum Gasteiger partial charge on any atom is 0.272 e. The summed E-state index contributed by atoms with van der Waals surface area (Å²) in [7, 11) is 0. The summed E-state index contributed by atoms with van der Waals surface area (Å²) in [5.41, 5.74) is 5.82. The van der Waals surface area contributed by atoms with Crippen molar-refractivity contribution in [2.75, 3.05) is 5.75 Å². The van der Waals surface area contributed by atoms with Crippen molar-refractivity contribution in [1.29, 1.82) is 0 Å². The molecule has 0 atom stereocenters. The highest BCUT2D eigenvalue weighted by molar-refractivity contribution is 7.99. The smallest absolute Gasteiger partial charge is 0.272 e. The van der Waals surface area contributed by atoms with Crippen LogP contribution in [0.1, 0.15) is 38.5 Å².